The smallest absolute Gasteiger partial charge is 0.335 e. The number of anilines is 2. The molecule has 210 valence electrons. The van der Waals surface area contributed by atoms with E-state index in [4.69, 9.17) is 5.11 Å². The first-order valence-corrected chi connectivity index (χ1v) is 13.7. The summed E-state index contributed by atoms with van der Waals surface area (Å²) in [7, 11) is 5.75. The molecule has 0 bridgehead atoms. The predicted octanol–water partition coefficient (Wildman–Crippen LogP) is 6.82. The first-order chi connectivity index (χ1) is 18.7. The Bertz CT molecular complexity index is 1430. The zero-order valence-electron chi connectivity index (χ0n) is 24.5. The predicted molar refractivity (Wildman–Crippen MR) is 163 cm³/mol. The average Bonchev–Trinajstić information content (AvgIpc) is 2.93. The Kier molecular flexibility index (Phi) is 7.95. The van der Waals surface area contributed by atoms with Crippen molar-refractivity contribution in [2.75, 3.05) is 30.9 Å². The quantitative estimate of drug-likeness (QED) is 0.344. The molecular weight excluding hydrogens is 500 g/mol. The number of amides is 1. The second kappa shape index (κ2) is 10.9. The second-order valence-electron chi connectivity index (χ2n) is 12.3. The molecular formula is C34H40N2O4. The maximum absolute atomic E-state index is 13.7. The van der Waals surface area contributed by atoms with Gasteiger partial charge in [-0.1, -0.05) is 58.0 Å². The van der Waals surface area contributed by atoms with Crippen molar-refractivity contribution in [2.45, 2.75) is 57.5 Å². The van der Waals surface area contributed by atoms with Gasteiger partial charge in [-0.25, -0.2) is 4.79 Å². The van der Waals surface area contributed by atoms with Crippen molar-refractivity contribution in [1.29, 1.82) is 0 Å². The van der Waals surface area contributed by atoms with Crippen LogP contribution in [-0.4, -0.2) is 43.2 Å². The number of aliphatic hydroxyl groups excluding tert-OH is 1. The van der Waals surface area contributed by atoms with Gasteiger partial charge in [0.25, 0.3) is 5.91 Å². The second-order valence-corrected chi connectivity index (χ2v) is 12.3. The van der Waals surface area contributed by atoms with Crippen LogP contribution in [0.5, 0.6) is 0 Å². The van der Waals surface area contributed by atoms with Crippen molar-refractivity contribution in [3.05, 3.63) is 100 Å². The highest BCUT2D eigenvalue weighted by Crippen LogP contribution is 2.50. The molecule has 0 radical (unpaired) electrons. The number of aliphatic hydroxyl groups is 1. The lowest BCUT2D eigenvalue weighted by Crippen LogP contribution is -2.37. The molecule has 1 atom stereocenters. The van der Waals surface area contributed by atoms with Crippen molar-refractivity contribution in [3.8, 4) is 0 Å². The number of carbonyl (C=O) groups is 2. The minimum Gasteiger partial charge on any atom is -0.478 e. The van der Waals surface area contributed by atoms with E-state index in [9.17, 15) is 14.7 Å². The van der Waals surface area contributed by atoms with Gasteiger partial charge in [0.2, 0.25) is 0 Å². The number of carboxylic acids is 1. The van der Waals surface area contributed by atoms with E-state index >= 15 is 0 Å². The van der Waals surface area contributed by atoms with Crippen LogP contribution < -0.4 is 9.80 Å². The molecule has 0 saturated carbocycles. The van der Waals surface area contributed by atoms with Gasteiger partial charge < -0.3 is 20.0 Å². The van der Waals surface area contributed by atoms with E-state index < -0.39 is 12.1 Å². The molecule has 4 rings (SSSR count). The van der Waals surface area contributed by atoms with Crippen LogP contribution in [0.4, 0.5) is 11.4 Å². The maximum atomic E-state index is 13.7. The Morgan fingerprint density at radius 2 is 1.43 bits per heavy atom. The van der Waals surface area contributed by atoms with Crippen LogP contribution in [0.1, 0.15) is 89.6 Å². The Morgan fingerprint density at radius 1 is 0.850 bits per heavy atom. The molecule has 1 aliphatic rings. The van der Waals surface area contributed by atoms with E-state index in [2.05, 4.69) is 33.8 Å². The Balaban J connectivity index is 1.76. The molecule has 1 unspecified atom stereocenters. The first-order valence-electron chi connectivity index (χ1n) is 13.7. The average molecular weight is 541 g/mol. The lowest BCUT2D eigenvalue weighted by Gasteiger charge is -2.44. The van der Waals surface area contributed by atoms with Crippen molar-refractivity contribution < 1.29 is 19.8 Å². The summed E-state index contributed by atoms with van der Waals surface area (Å²) in [4.78, 5) is 28.6. The van der Waals surface area contributed by atoms with Gasteiger partial charge in [-0.15, -0.1) is 0 Å². The van der Waals surface area contributed by atoms with Crippen molar-refractivity contribution in [1.82, 2.24) is 0 Å². The minimum atomic E-state index is -0.977. The van der Waals surface area contributed by atoms with Gasteiger partial charge in [0.15, 0.2) is 0 Å². The zero-order chi connectivity index (χ0) is 29.4. The third kappa shape index (κ3) is 5.82. The normalized spacial score (nSPS) is 16.3. The van der Waals surface area contributed by atoms with Crippen LogP contribution in [0.3, 0.4) is 0 Å². The fraction of sp³-hybridized carbons (Fsp3) is 0.353. The zero-order valence-corrected chi connectivity index (χ0v) is 24.5. The van der Waals surface area contributed by atoms with Gasteiger partial charge in [-0.3, -0.25) is 4.79 Å². The molecule has 1 aliphatic carbocycles. The largest absolute Gasteiger partial charge is 0.478 e. The van der Waals surface area contributed by atoms with Gasteiger partial charge in [-0.2, -0.15) is 0 Å². The van der Waals surface area contributed by atoms with Crippen molar-refractivity contribution in [3.63, 3.8) is 0 Å². The molecule has 0 heterocycles. The third-order valence-electron chi connectivity index (χ3n) is 8.19. The summed E-state index contributed by atoms with van der Waals surface area (Å²) in [5, 5.41) is 20.4. The van der Waals surface area contributed by atoms with Gasteiger partial charge in [-0.05, 0) is 88.4 Å². The summed E-state index contributed by atoms with van der Waals surface area (Å²) >= 11 is 0. The molecule has 0 spiro atoms. The van der Waals surface area contributed by atoms with E-state index in [-0.39, 0.29) is 22.3 Å². The number of hydrogen-bond donors (Lipinski definition) is 2. The first kappa shape index (κ1) is 29.1. The van der Waals surface area contributed by atoms with Crippen LogP contribution in [-0.2, 0) is 10.8 Å². The van der Waals surface area contributed by atoms with E-state index in [0.717, 1.165) is 40.9 Å². The summed E-state index contributed by atoms with van der Waals surface area (Å²) < 4.78 is 0. The Labute approximate surface area is 237 Å². The Morgan fingerprint density at radius 3 is 2.00 bits per heavy atom. The number of benzene rings is 3. The van der Waals surface area contributed by atoms with Crippen LogP contribution >= 0.6 is 0 Å². The molecule has 6 nitrogen and oxygen atoms in total. The van der Waals surface area contributed by atoms with E-state index in [1.165, 1.54) is 0 Å². The van der Waals surface area contributed by atoms with Gasteiger partial charge >= 0.3 is 5.97 Å². The molecule has 3 aromatic rings. The van der Waals surface area contributed by atoms with Crippen LogP contribution in [0, 0.1) is 0 Å². The summed E-state index contributed by atoms with van der Waals surface area (Å²) in [6.07, 6.45) is 4.57. The van der Waals surface area contributed by atoms with Crippen LogP contribution in [0.25, 0.3) is 6.08 Å². The molecule has 3 aromatic carbocycles. The molecule has 0 saturated heterocycles. The summed E-state index contributed by atoms with van der Waals surface area (Å²) in [6.45, 7) is 8.91. The molecule has 0 aromatic heterocycles. The topological polar surface area (TPSA) is 81.1 Å². The number of aromatic carboxylic acids is 1. The summed E-state index contributed by atoms with van der Waals surface area (Å²) in [6, 6.07) is 18.1. The third-order valence-corrected chi connectivity index (χ3v) is 8.19. The molecule has 2 N–H and O–H groups in total. The van der Waals surface area contributed by atoms with Crippen molar-refractivity contribution in [2.24, 2.45) is 0 Å². The number of nitrogens with zero attached hydrogens (tertiary/aromatic N) is 2. The van der Waals surface area contributed by atoms with Gasteiger partial charge in [0, 0.05) is 38.1 Å². The van der Waals surface area contributed by atoms with Gasteiger partial charge in [0.05, 0.1) is 11.7 Å². The molecule has 0 fully saturated rings. The van der Waals surface area contributed by atoms with Crippen LogP contribution in [0.2, 0.25) is 0 Å². The molecule has 1 amide bonds. The maximum Gasteiger partial charge on any atom is 0.335 e. The number of carboxylic acid groups (broad SMARTS) is 1. The monoisotopic (exact) mass is 540 g/mol. The lowest BCUT2D eigenvalue weighted by molar-refractivity contribution is 0.0696. The van der Waals surface area contributed by atoms with E-state index in [0.29, 0.717) is 11.1 Å². The summed E-state index contributed by atoms with van der Waals surface area (Å²) in [5.74, 6) is -1.08. The fourth-order valence-corrected chi connectivity index (χ4v) is 5.47. The molecule has 40 heavy (non-hydrogen) atoms. The number of carbonyl (C=O) groups excluding carboxylic acids is 1. The minimum absolute atomic E-state index is 0.104. The SMILES string of the molecule is CN(C)c1ccc(C(=O)N(C)c2cc(C(O)C=Cc3ccc(C(=O)O)cc3)cc3c2C(C)(C)CCC3(C)C)cc1. The highest BCUT2D eigenvalue weighted by molar-refractivity contribution is 6.06. The standard InChI is InChI=1S/C34H40N2O4/c1-33(2)18-19-34(3,4)30-27(33)20-25(29(37)17-10-22-8-11-24(12-9-22)32(39)40)21-28(30)36(7)31(38)23-13-15-26(16-14-23)35(5)6/h8-17,20-21,29,37H,18-19H2,1-7H3,(H,39,40). The number of hydrogen-bond acceptors (Lipinski definition) is 4. The molecule has 0 aliphatic heterocycles. The fourth-order valence-electron chi connectivity index (χ4n) is 5.47. The number of rotatable bonds is 7. The summed E-state index contributed by atoms with van der Waals surface area (Å²) in [5.41, 5.74) is 6.18. The van der Waals surface area contributed by atoms with E-state index in [1.807, 2.05) is 56.4 Å². The highest BCUT2D eigenvalue weighted by atomic mass is 16.4. The highest BCUT2D eigenvalue weighted by Gasteiger charge is 2.40. The number of fused-ring (bicyclic) bond motifs is 1. The van der Waals surface area contributed by atoms with Crippen LogP contribution in [0.15, 0.2) is 66.7 Å². The molecule has 6 heteroatoms. The van der Waals surface area contributed by atoms with Gasteiger partial charge in [0.1, 0.15) is 0 Å². The van der Waals surface area contributed by atoms with Crippen molar-refractivity contribution >= 4 is 29.3 Å². The lowest BCUT2D eigenvalue weighted by atomic mass is 9.62. The van der Waals surface area contributed by atoms with E-state index in [1.54, 1.807) is 41.3 Å². The Hall–Kier alpha value is -3.90.